The molecule has 13 heteroatoms. The fraction of sp³-hybridized carbons (Fsp3) is 0.512. The summed E-state index contributed by atoms with van der Waals surface area (Å²) in [4.78, 5) is 60.2. The van der Waals surface area contributed by atoms with Crippen LogP contribution in [0.15, 0.2) is 54.7 Å². The standard InChI is InChI=1S/C43H55N7O6/c1-26(2)27(3)41(51)49-20-8-10-35(49)39-44-24-33(45-39)31-16-12-29(13-17-31)30-14-18-32(19-15-30)38-34-25-55-22-6-7-23-56-28(4)37(48-43(53)54-5)42(52)50-21-9-11-36(50)40(46-34)47-38/h12-19,24,26-28,35-37H,6-11,20-23,25H2,1-5H3,(H,44,45)(H,46,47)(H,48,53)/t27-,28+,35-,36-,37-/m0/s1. The number of hydrogen-bond donors (Lipinski definition) is 3. The fourth-order valence-electron chi connectivity index (χ4n) is 8.01. The van der Waals surface area contributed by atoms with Gasteiger partial charge in [0.25, 0.3) is 0 Å². The summed E-state index contributed by atoms with van der Waals surface area (Å²) in [6.45, 7) is 10.7. The van der Waals surface area contributed by atoms with Crippen molar-refractivity contribution in [3.8, 4) is 33.6 Å². The SMILES string of the molecule is COC(=O)N[C@@H]1C(=O)N2CCC[C@H]2c2nc(-c3ccc(-c4ccc(-c5c[nH]c([C@@H]6CCCN6C(=O)[C@@H](C)C(C)C)n5)cc4)cc3)c([nH]2)COCCCCO[C@@H]1C. The average molecular weight is 766 g/mol. The maximum Gasteiger partial charge on any atom is 0.407 e. The smallest absolute Gasteiger partial charge is 0.407 e. The quantitative estimate of drug-likeness (QED) is 0.179. The lowest BCUT2D eigenvalue weighted by atomic mass is 9.96. The van der Waals surface area contributed by atoms with Crippen molar-refractivity contribution in [2.24, 2.45) is 11.8 Å². The number of methoxy groups -OCH3 is 1. The zero-order chi connectivity index (χ0) is 39.3. The van der Waals surface area contributed by atoms with Gasteiger partial charge in [-0.05, 0) is 62.5 Å². The largest absolute Gasteiger partial charge is 0.453 e. The van der Waals surface area contributed by atoms with E-state index in [1.807, 2.05) is 18.0 Å². The highest BCUT2D eigenvalue weighted by atomic mass is 16.5. The Hall–Kier alpha value is -5.01. The molecule has 5 atom stereocenters. The van der Waals surface area contributed by atoms with Crippen molar-refractivity contribution in [2.45, 2.75) is 97.1 Å². The number of H-pyrrole nitrogens is 2. The molecule has 4 aromatic rings. The van der Waals surface area contributed by atoms with Crippen molar-refractivity contribution in [2.75, 3.05) is 33.4 Å². The topological polar surface area (TPSA) is 155 Å². The molecule has 13 nitrogen and oxygen atoms in total. The van der Waals surface area contributed by atoms with Gasteiger partial charge in [-0.1, -0.05) is 69.3 Å². The third-order valence-corrected chi connectivity index (χ3v) is 11.7. The monoisotopic (exact) mass is 765 g/mol. The van der Waals surface area contributed by atoms with Crippen LogP contribution in [-0.4, -0.2) is 93.2 Å². The Morgan fingerprint density at radius 1 is 0.857 bits per heavy atom. The zero-order valence-electron chi connectivity index (χ0n) is 33.2. The van der Waals surface area contributed by atoms with Crippen molar-refractivity contribution in [1.82, 2.24) is 35.1 Å². The molecule has 3 aliphatic heterocycles. The number of nitrogens with one attached hydrogen (secondary N) is 3. The summed E-state index contributed by atoms with van der Waals surface area (Å²) in [5.41, 5.74) is 6.61. The molecule has 2 aromatic heterocycles. The van der Waals surface area contributed by atoms with E-state index in [0.717, 1.165) is 90.2 Å². The predicted molar refractivity (Wildman–Crippen MR) is 212 cm³/mol. The van der Waals surface area contributed by atoms with Gasteiger partial charge in [0.05, 0.1) is 49.0 Å². The highest BCUT2D eigenvalue weighted by molar-refractivity contribution is 5.87. The molecule has 7 rings (SSSR count). The number of hydrogen-bond acceptors (Lipinski definition) is 8. The van der Waals surface area contributed by atoms with Gasteiger partial charge in [-0.2, -0.15) is 0 Å². The molecule has 3 N–H and O–H groups in total. The number of nitrogens with zero attached hydrogens (tertiary/aromatic N) is 4. The van der Waals surface area contributed by atoms with E-state index in [1.165, 1.54) is 7.11 Å². The van der Waals surface area contributed by atoms with Crippen molar-refractivity contribution in [3.63, 3.8) is 0 Å². The molecular formula is C43H55N7O6. The number of carbonyl (C=O) groups excluding carboxylic acids is 3. The fourth-order valence-corrected chi connectivity index (χ4v) is 8.01. The molecule has 3 aliphatic rings. The molecular weight excluding hydrogens is 711 g/mol. The van der Waals surface area contributed by atoms with E-state index in [2.05, 4.69) is 77.7 Å². The first-order valence-electron chi connectivity index (χ1n) is 20.1. The number of aromatic nitrogens is 4. The normalized spacial score (nSPS) is 22.7. The second-order valence-corrected chi connectivity index (χ2v) is 15.6. The van der Waals surface area contributed by atoms with Gasteiger partial charge in [0, 0.05) is 49.5 Å². The molecule has 5 heterocycles. The van der Waals surface area contributed by atoms with Crippen LogP contribution in [0.5, 0.6) is 0 Å². The Kier molecular flexibility index (Phi) is 12.2. The molecule has 0 aliphatic carbocycles. The number of aromatic amines is 2. The van der Waals surface area contributed by atoms with Gasteiger partial charge in [-0.15, -0.1) is 0 Å². The summed E-state index contributed by atoms with van der Waals surface area (Å²) in [6.07, 6.45) is 5.70. The van der Waals surface area contributed by atoms with Gasteiger partial charge < -0.3 is 39.3 Å². The number of carbonyl (C=O) groups is 3. The Morgan fingerprint density at radius 3 is 2.23 bits per heavy atom. The van der Waals surface area contributed by atoms with Gasteiger partial charge in [0.2, 0.25) is 11.8 Å². The number of imidazole rings is 2. The summed E-state index contributed by atoms with van der Waals surface area (Å²) >= 11 is 0. The molecule has 0 spiro atoms. The molecule has 0 saturated carbocycles. The van der Waals surface area contributed by atoms with E-state index in [9.17, 15) is 14.4 Å². The number of rotatable bonds is 7. The molecule has 2 saturated heterocycles. The van der Waals surface area contributed by atoms with Crippen LogP contribution in [0.4, 0.5) is 4.79 Å². The summed E-state index contributed by atoms with van der Waals surface area (Å²) in [5.74, 6) is 1.81. The van der Waals surface area contributed by atoms with Crippen molar-refractivity contribution >= 4 is 17.9 Å². The average Bonchev–Trinajstić information content (AvgIpc) is 4.05. The Labute approximate surface area is 328 Å². The highest BCUT2D eigenvalue weighted by Gasteiger charge is 2.40. The third-order valence-electron chi connectivity index (χ3n) is 11.7. The number of amides is 3. The number of fused-ring (bicyclic) bond motifs is 4. The van der Waals surface area contributed by atoms with Gasteiger partial charge in [-0.25, -0.2) is 14.8 Å². The minimum absolute atomic E-state index is 0.0183. The van der Waals surface area contributed by atoms with Crippen LogP contribution in [0.25, 0.3) is 33.6 Å². The first kappa shape index (κ1) is 39.2. The van der Waals surface area contributed by atoms with Gasteiger partial charge in [0.1, 0.15) is 17.7 Å². The van der Waals surface area contributed by atoms with E-state index in [1.54, 1.807) is 11.8 Å². The van der Waals surface area contributed by atoms with E-state index in [4.69, 9.17) is 24.2 Å². The first-order valence-corrected chi connectivity index (χ1v) is 20.1. The van der Waals surface area contributed by atoms with Crippen LogP contribution in [0.2, 0.25) is 0 Å². The van der Waals surface area contributed by atoms with E-state index >= 15 is 0 Å². The lowest BCUT2D eigenvalue weighted by Gasteiger charge is -2.31. The Bertz CT molecular complexity index is 1970. The summed E-state index contributed by atoms with van der Waals surface area (Å²) in [6, 6.07) is 15.5. The molecule has 2 bridgehead atoms. The van der Waals surface area contributed by atoms with Crippen LogP contribution in [-0.2, 0) is 30.4 Å². The first-order chi connectivity index (χ1) is 27.1. The summed E-state index contributed by atoms with van der Waals surface area (Å²) in [7, 11) is 1.28. The van der Waals surface area contributed by atoms with Crippen LogP contribution >= 0.6 is 0 Å². The van der Waals surface area contributed by atoms with Gasteiger partial charge in [0.15, 0.2) is 0 Å². The lowest BCUT2D eigenvalue weighted by Crippen LogP contribution is -2.54. The second-order valence-electron chi connectivity index (χ2n) is 15.6. The summed E-state index contributed by atoms with van der Waals surface area (Å²) in [5, 5.41) is 2.71. The number of alkyl carbamates (subject to hydrolysis) is 1. The van der Waals surface area contributed by atoms with Crippen LogP contribution in [0.3, 0.4) is 0 Å². The maximum absolute atomic E-state index is 14.0. The Morgan fingerprint density at radius 2 is 1.52 bits per heavy atom. The zero-order valence-corrected chi connectivity index (χ0v) is 33.2. The van der Waals surface area contributed by atoms with Gasteiger partial charge >= 0.3 is 6.09 Å². The minimum Gasteiger partial charge on any atom is -0.453 e. The van der Waals surface area contributed by atoms with E-state index in [0.29, 0.717) is 38.1 Å². The maximum atomic E-state index is 14.0. The predicted octanol–water partition coefficient (Wildman–Crippen LogP) is 7.19. The van der Waals surface area contributed by atoms with Gasteiger partial charge in [-0.3, -0.25) is 9.59 Å². The number of benzene rings is 2. The van der Waals surface area contributed by atoms with E-state index in [-0.39, 0.29) is 29.8 Å². The molecule has 3 amide bonds. The third kappa shape index (κ3) is 8.39. The summed E-state index contributed by atoms with van der Waals surface area (Å²) < 4.78 is 17.0. The molecule has 0 unspecified atom stereocenters. The second kappa shape index (κ2) is 17.4. The number of ether oxygens (including phenoxy) is 3. The van der Waals surface area contributed by atoms with Crippen molar-refractivity contribution < 1.29 is 28.6 Å². The lowest BCUT2D eigenvalue weighted by molar-refractivity contribution is -0.138. The molecule has 298 valence electrons. The van der Waals surface area contributed by atoms with Crippen LogP contribution in [0, 0.1) is 11.8 Å². The number of likely N-dealkylation sites (tertiary alicyclic amines) is 1. The van der Waals surface area contributed by atoms with Crippen molar-refractivity contribution in [3.05, 3.63) is 72.1 Å². The Balaban J connectivity index is 1.08. The van der Waals surface area contributed by atoms with Crippen molar-refractivity contribution in [1.29, 1.82) is 0 Å². The molecule has 56 heavy (non-hydrogen) atoms. The van der Waals surface area contributed by atoms with Crippen LogP contribution < -0.4 is 5.32 Å². The minimum atomic E-state index is -0.894. The molecule has 0 radical (unpaired) electrons. The van der Waals surface area contributed by atoms with E-state index < -0.39 is 18.2 Å². The highest BCUT2D eigenvalue weighted by Crippen LogP contribution is 2.36. The molecule has 2 aromatic carbocycles. The molecule has 2 fully saturated rings. The van der Waals surface area contributed by atoms with Crippen LogP contribution in [0.1, 0.15) is 95.6 Å².